The molecule has 0 radical (unpaired) electrons. The monoisotopic (exact) mass is 1070 g/mol. The largest absolute Gasteiger partial charge is 1.00 e. The Kier molecular flexibility index (Phi) is 21.1. The van der Waals surface area contributed by atoms with Crippen molar-refractivity contribution in [2.24, 2.45) is 0 Å². The Bertz CT molecular complexity index is 1770. The summed E-state index contributed by atoms with van der Waals surface area (Å²) in [6.07, 6.45) is -61.9. The van der Waals surface area contributed by atoms with Crippen molar-refractivity contribution in [1.29, 1.82) is 0 Å². The molecule has 0 saturated carbocycles. The second kappa shape index (κ2) is 25.0. The van der Waals surface area contributed by atoms with Gasteiger partial charge < -0.3 is 148 Å². The maximum Gasteiger partial charge on any atom is 1.00 e. The van der Waals surface area contributed by atoms with Gasteiger partial charge in [0.1, 0.15) is 146 Å². The first-order valence-electron chi connectivity index (χ1n) is 21.7. The van der Waals surface area contributed by atoms with E-state index in [1.54, 1.807) is 0 Å². The van der Waals surface area contributed by atoms with Crippen LogP contribution < -0.4 is 29.6 Å². The minimum atomic E-state index is -5.56. The Hall–Kier alpha value is -0.290. The molecule has 35 heteroatoms. The maximum absolute atomic E-state index is 11.5. The molecule has 12 bridgehead atoms. The van der Waals surface area contributed by atoms with E-state index < -0.39 is 234 Å². The molecule has 0 amide bonds. The average Bonchev–Trinajstić information content (AvgIpc) is 3.33. The summed E-state index contributed by atoms with van der Waals surface area (Å²) in [7, 11) is -5.56. The van der Waals surface area contributed by atoms with Crippen LogP contribution in [0.2, 0.25) is 0 Å². The molecule has 22 fully saturated rings. The minimum Gasteiger partial charge on any atom is -0.726 e. The molecular weight excluding hydrogens is 1020 g/mol. The quantitative estimate of drug-likeness (QED) is 0.0610. The minimum absolute atomic E-state index is 0. The molecule has 33 nitrogen and oxygen atoms in total. The first kappa shape index (κ1) is 59.9. The average molecular weight is 1070 g/mol. The standard InChI is InChI=1S/C36H60O33S.Na/c37-1-7-25-13(42)19(48)31(58-7)65-26-8(2-38)60-33(21(50)15(26)44)67-28-10(4-40)62-35(23(52)17(28)46)69-30-12(6-57-70(54,55)56)63-36(24(53)18(30)47)68-29-11(5-41)61-34(22(51)16(29)45)66-27-9(3-39)59-32(64-25)20(49)14(27)43;/h7-53H,1-6H2,(H,54,55,56);/q;+1/p-1/t7-,8-,9-,10-,11-,12-,13-,14-,15-,16-,17-,18-,19-,20-,21-,22-,23-,24-,25-,26-,27-,28-,29-,30-,31-,32-,33-,34-,35-,36-;/m1./s1. The normalized spacial score (nSPS) is 52.4. The predicted octanol–water partition coefficient (Wildman–Crippen LogP) is -16.6. The van der Waals surface area contributed by atoms with E-state index in [-0.39, 0.29) is 29.6 Å². The van der Waals surface area contributed by atoms with E-state index in [2.05, 4.69) is 4.18 Å². The van der Waals surface area contributed by atoms with Gasteiger partial charge in [-0.15, -0.1) is 0 Å². The van der Waals surface area contributed by atoms with E-state index >= 15 is 0 Å². The summed E-state index contributed by atoms with van der Waals surface area (Å²) in [5.41, 5.74) is 0. The van der Waals surface area contributed by atoms with Crippen LogP contribution >= 0.6 is 0 Å². The fourth-order valence-corrected chi connectivity index (χ4v) is 9.37. The van der Waals surface area contributed by atoms with Crippen molar-refractivity contribution in [2.45, 2.75) is 184 Å². The molecule has 0 aromatic carbocycles. The van der Waals surface area contributed by atoms with E-state index in [0.29, 0.717) is 0 Å². The molecule has 22 rings (SSSR count). The van der Waals surface area contributed by atoms with Crippen molar-refractivity contribution >= 4 is 10.4 Å². The molecule has 17 N–H and O–H groups in total. The van der Waals surface area contributed by atoms with Gasteiger partial charge in [0.15, 0.2) is 37.7 Å². The van der Waals surface area contributed by atoms with E-state index in [1.165, 1.54) is 0 Å². The van der Waals surface area contributed by atoms with Crippen molar-refractivity contribution in [3.63, 3.8) is 0 Å². The Morgan fingerprint density at radius 3 is 0.648 bits per heavy atom. The Morgan fingerprint density at radius 1 is 0.310 bits per heavy atom. The molecule has 0 unspecified atom stereocenters. The number of hydrogen-bond donors (Lipinski definition) is 17. The van der Waals surface area contributed by atoms with Gasteiger partial charge in [0.2, 0.25) is 10.4 Å². The molecule has 22 saturated heterocycles. The van der Waals surface area contributed by atoms with Gasteiger partial charge in [-0.1, -0.05) is 0 Å². The Morgan fingerprint density at radius 2 is 0.479 bits per heavy atom. The molecule has 71 heavy (non-hydrogen) atoms. The second-order valence-corrected chi connectivity index (χ2v) is 18.4. The van der Waals surface area contributed by atoms with Crippen molar-refractivity contribution < 1.29 is 190 Å². The van der Waals surface area contributed by atoms with Crippen molar-refractivity contribution in [3.8, 4) is 0 Å². The van der Waals surface area contributed by atoms with Crippen LogP contribution in [0.25, 0.3) is 0 Å². The number of aliphatic hydroxyl groups excluding tert-OH is 17. The van der Waals surface area contributed by atoms with Crippen LogP contribution in [0.4, 0.5) is 0 Å². The van der Waals surface area contributed by atoms with Crippen LogP contribution in [0.5, 0.6) is 0 Å². The van der Waals surface area contributed by atoms with Crippen LogP contribution in [0.3, 0.4) is 0 Å². The van der Waals surface area contributed by atoms with Crippen LogP contribution in [-0.2, 0) is 71.4 Å². The third kappa shape index (κ3) is 12.5. The first-order valence-corrected chi connectivity index (χ1v) is 23.1. The third-order valence-electron chi connectivity index (χ3n) is 12.9. The summed E-state index contributed by atoms with van der Waals surface area (Å²) in [6, 6.07) is 0. The van der Waals surface area contributed by atoms with Gasteiger partial charge in [0.25, 0.3) is 0 Å². The molecule has 0 aromatic heterocycles. The maximum atomic E-state index is 11.5. The summed E-state index contributed by atoms with van der Waals surface area (Å²) in [5.74, 6) is 0. The predicted molar refractivity (Wildman–Crippen MR) is 204 cm³/mol. The second-order valence-electron chi connectivity index (χ2n) is 17.4. The van der Waals surface area contributed by atoms with Crippen LogP contribution in [0.1, 0.15) is 0 Å². The summed E-state index contributed by atoms with van der Waals surface area (Å²) in [6.45, 7) is -6.66. The van der Waals surface area contributed by atoms with Crippen LogP contribution in [-0.4, -0.2) is 324 Å². The SMILES string of the molecule is O=S(=O)([O-])OC[C@H]1O[C@@H]2O[C@H]3[C@H](O)[C@@H](O)[C@@H](O[C@H]4[C@H](O)[C@@H](O)[C@@H](O[C@H]5[C@H](O)[C@@H](O)[C@@H](O[C@H]6[C@H](O)[C@@H](O)[C@@H](O[C@H]7[C@H](O)[C@@H](O)[C@@H](O[C@H]1[C@H](O)[C@H]2O)O[C@@H]7CO)O[C@@H]6CO)O[C@@H]5CO)O[C@@H]4CO)O[C@@H]3CO.[Na+]. The number of ether oxygens (including phenoxy) is 12. The molecule has 22 heterocycles. The number of aliphatic hydroxyl groups is 17. The number of hydrogen-bond acceptors (Lipinski definition) is 33. The Labute approximate surface area is 423 Å². The van der Waals surface area contributed by atoms with Crippen molar-refractivity contribution in [1.82, 2.24) is 0 Å². The zero-order valence-corrected chi connectivity index (χ0v) is 39.9. The fraction of sp³-hybridized carbons (Fsp3) is 1.00. The van der Waals surface area contributed by atoms with E-state index in [0.717, 1.165) is 0 Å². The number of rotatable bonds is 8. The van der Waals surface area contributed by atoms with Crippen LogP contribution in [0, 0.1) is 0 Å². The first-order chi connectivity index (χ1) is 33.1. The zero-order chi connectivity index (χ0) is 51.3. The summed E-state index contributed by atoms with van der Waals surface area (Å²) in [5, 5.41) is 186. The Balaban J connectivity index is 0.00000825. The van der Waals surface area contributed by atoms with Crippen molar-refractivity contribution in [3.05, 3.63) is 0 Å². The zero-order valence-electron chi connectivity index (χ0n) is 37.1. The molecule has 22 aliphatic rings. The van der Waals surface area contributed by atoms with Gasteiger partial charge in [-0.2, -0.15) is 0 Å². The molecule has 408 valence electrons. The smallest absolute Gasteiger partial charge is 0.726 e. The van der Waals surface area contributed by atoms with Gasteiger partial charge in [0.05, 0.1) is 39.6 Å². The van der Waals surface area contributed by atoms with E-state index in [9.17, 15) is 99.8 Å². The molecule has 0 aromatic rings. The van der Waals surface area contributed by atoms with Crippen molar-refractivity contribution in [2.75, 3.05) is 39.6 Å². The molecule has 30 atom stereocenters. The molecule has 22 aliphatic heterocycles. The molecule has 0 spiro atoms. The fourth-order valence-electron chi connectivity index (χ4n) is 9.07. The molecule has 0 aliphatic carbocycles. The molecular formula is C36H59NaO33S. The van der Waals surface area contributed by atoms with E-state index in [1.807, 2.05) is 0 Å². The van der Waals surface area contributed by atoms with Crippen LogP contribution in [0.15, 0.2) is 0 Å². The van der Waals surface area contributed by atoms with Gasteiger partial charge >= 0.3 is 29.6 Å². The summed E-state index contributed by atoms with van der Waals surface area (Å²) < 4.78 is 106. The van der Waals surface area contributed by atoms with E-state index in [4.69, 9.17) is 56.8 Å². The van der Waals surface area contributed by atoms with Gasteiger partial charge in [-0.25, -0.2) is 8.42 Å². The van der Waals surface area contributed by atoms with Gasteiger partial charge in [0, 0.05) is 0 Å². The summed E-state index contributed by atoms with van der Waals surface area (Å²) >= 11 is 0. The topological polar surface area (TPSA) is 521 Å². The third-order valence-corrected chi connectivity index (χ3v) is 13.3. The van der Waals surface area contributed by atoms with Gasteiger partial charge in [-0.3, -0.25) is 4.18 Å². The summed E-state index contributed by atoms with van der Waals surface area (Å²) in [4.78, 5) is 0. The van der Waals surface area contributed by atoms with Gasteiger partial charge in [-0.05, 0) is 0 Å².